The van der Waals surface area contributed by atoms with Crippen LogP contribution < -0.4 is 0 Å². The van der Waals surface area contributed by atoms with E-state index in [9.17, 15) is 4.79 Å². The molecule has 2 rings (SSSR count). The van der Waals surface area contributed by atoms with Crippen molar-refractivity contribution in [2.45, 2.75) is 33.7 Å². The summed E-state index contributed by atoms with van der Waals surface area (Å²) in [7, 11) is 0. The van der Waals surface area contributed by atoms with Crippen LogP contribution in [-0.4, -0.2) is 15.6 Å². The smallest absolute Gasteiger partial charge is 0.169 e. The maximum absolute atomic E-state index is 12.4. The van der Waals surface area contributed by atoms with Gasteiger partial charge < -0.3 is 0 Å². The van der Waals surface area contributed by atoms with Gasteiger partial charge in [0.1, 0.15) is 0 Å². The van der Waals surface area contributed by atoms with Crippen LogP contribution in [0, 0.1) is 13.8 Å². The first-order valence-electron chi connectivity index (χ1n) is 6.35. The van der Waals surface area contributed by atoms with Crippen molar-refractivity contribution in [1.82, 2.24) is 9.78 Å². The van der Waals surface area contributed by atoms with Gasteiger partial charge in [0.15, 0.2) is 5.78 Å². The number of carbonyl (C=O) groups is 1. The van der Waals surface area contributed by atoms with Crippen molar-refractivity contribution in [2.24, 2.45) is 0 Å². The summed E-state index contributed by atoms with van der Waals surface area (Å²) in [5.41, 5.74) is 3.68. The molecule has 2 aromatic rings. The highest BCUT2D eigenvalue weighted by Gasteiger charge is 2.17. The van der Waals surface area contributed by atoms with E-state index in [4.69, 9.17) is 0 Å². The second-order valence-electron chi connectivity index (χ2n) is 4.58. The Morgan fingerprint density at radius 1 is 1.32 bits per heavy atom. The Bertz CT molecular complexity index is 617. The number of nitrogens with zero attached hydrogens (tertiary/aromatic N) is 2. The SMILES string of the molecule is CCn1nc(C)c(Br)c1CC(=O)c1ccccc1C. The summed E-state index contributed by atoms with van der Waals surface area (Å²) in [6.45, 7) is 6.70. The second-order valence-corrected chi connectivity index (χ2v) is 5.37. The first kappa shape index (κ1) is 14.0. The van der Waals surface area contributed by atoms with Gasteiger partial charge in [-0.2, -0.15) is 5.10 Å². The third kappa shape index (κ3) is 2.78. The molecule has 0 aliphatic carbocycles. The number of Topliss-reactive ketones (excluding diaryl/α,β-unsaturated/α-hetero) is 1. The van der Waals surface area contributed by atoms with Gasteiger partial charge in [0.05, 0.1) is 22.3 Å². The maximum atomic E-state index is 12.4. The largest absolute Gasteiger partial charge is 0.294 e. The molecule has 0 amide bonds. The van der Waals surface area contributed by atoms with E-state index < -0.39 is 0 Å². The highest BCUT2D eigenvalue weighted by Crippen LogP contribution is 2.23. The summed E-state index contributed by atoms with van der Waals surface area (Å²) >= 11 is 3.53. The lowest BCUT2D eigenvalue weighted by molar-refractivity contribution is 0.0990. The van der Waals surface area contributed by atoms with Crippen LogP contribution in [-0.2, 0) is 13.0 Å². The molecule has 0 saturated carbocycles. The van der Waals surface area contributed by atoms with Crippen LogP contribution in [0.25, 0.3) is 0 Å². The molecule has 0 atom stereocenters. The van der Waals surface area contributed by atoms with Gasteiger partial charge in [0.2, 0.25) is 0 Å². The zero-order chi connectivity index (χ0) is 14.0. The number of hydrogen-bond acceptors (Lipinski definition) is 2. The average molecular weight is 321 g/mol. The van der Waals surface area contributed by atoms with Crippen LogP contribution in [0.4, 0.5) is 0 Å². The lowest BCUT2D eigenvalue weighted by Crippen LogP contribution is -2.11. The molecule has 3 nitrogen and oxygen atoms in total. The lowest BCUT2D eigenvalue weighted by atomic mass is 10.0. The molecule has 0 unspecified atom stereocenters. The number of aromatic nitrogens is 2. The number of ketones is 1. The van der Waals surface area contributed by atoms with Crippen LogP contribution in [0.1, 0.15) is 34.2 Å². The predicted octanol–water partition coefficient (Wildman–Crippen LogP) is 3.71. The Hall–Kier alpha value is -1.42. The molecule has 1 heterocycles. The number of hydrogen-bond donors (Lipinski definition) is 0. The predicted molar refractivity (Wildman–Crippen MR) is 79.6 cm³/mol. The van der Waals surface area contributed by atoms with Crippen LogP contribution >= 0.6 is 15.9 Å². The quantitative estimate of drug-likeness (QED) is 0.805. The van der Waals surface area contributed by atoms with E-state index >= 15 is 0 Å². The third-order valence-electron chi connectivity index (χ3n) is 3.23. The fourth-order valence-corrected chi connectivity index (χ4v) is 2.60. The van der Waals surface area contributed by atoms with Crippen LogP contribution in [0.3, 0.4) is 0 Å². The first-order chi connectivity index (χ1) is 9.04. The van der Waals surface area contributed by atoms with Gasteiger partial charge in [0, 0.05) is 12.1 Å². The minimum atomic E-state index is 0.133. The molecule has 1 aromatic carbocycles. The average Bonchev–Trinajstić information content (AvgIpc) is 2.67. The maximum Gasteiger partial charge on any atom is 0.169 e. The monoisotopic (exact) mass is 320 g/mol. The molecule has 100 valence electrons. The number of halogens is 1. The van der Waals surface area contributed by atoms with Crippen molar-refractivity contribution in [2.75, 3.05) is 0 Å². The highest BCUT2D eigenvalue weighted by molar-refractivity contribution is 9.10. The molecule has 0 aliphatic rings. The summed E-state index contributed by atoms with van der Waals surface area (Å²) in [6, 6.07) is 7.69. The fourth-order valence-electron chi connectivity index (χ4n) is 2.17. The summed E-state index contributed by atoms with van der Waals surface area (Å²) in [5, 5.41) is 4.42. The Morgan fingerprint density at radius 3 is 2.63 bits per heavy atom. The van der Waals surface area contributed by atoms with Gasteiger partial charge in [-0.15, -0.1) is 0 Å². The third-order valence-corrected chi connectivity index (χ3v) is 4.26. The van der Waals surface area contributed by atoms with E-state index in [-0.39, 0.29) is 5.78 Å². The molecular weight excluding hydrogens is 304 g/mol. The minimum Gasteiger partial charge on any atom is -0.294 e. The zero-order valence-corrected chi connectivity index (χ0v) is 13.0. The van der Waals surface area contributed by atoms with Crippen LogP contribution in [0.15, 0.2) is 28.7 Å². The topological polar surface area (TPSA) is 34.9 Å². The Labute approximate surface area is 121 Å². The zero-order valence-electron chi connectivity index (χ0n) is 11.4. The molecule has 1 aromatic heterocycles. The molecule has 0 N–H and O–H groups in total. The molecule has 19 heavy (non-hydrogen) atoms. The Morgan fingerprint density at radius 2 is 2.00 bits per heavy atom. The van der Waals surface area contributed by atoms with Gasteiger partial charge in [-0.3, -0.25) is 9.48 Å². The highest BCUT2D eigenvalue weighted by atomic mass is 79.9. The van der Waals surface area contributed by atoms with Crippen molar-refractivity contribution >= 4 is 21.7 Å². The standard InChI is InChI=1S/C15H17BrN2O/c1-4-18-13(15(16)11(3)17-18)9-14(19)12-8-6-5-7-10(12)2/h5-8H,4,9H2,1-3H3. The second kappa shape index (κ2) is 5.70. The van der Waals surface area contributed by atoms with Crippen molar-refractivity contribution < 1.29 is 4.79 Å². The normalized spacial score (nSPS) is 10.7. The summed E-state index contributed by atoms with van der Waals surface area (Å²) < 4.78 is 2.83. The number of carbonyl (C=O) groups excluding carboxylic acids is 1. The van der Waals surface area contributed by atoms with E-state index in [1.807, 2.05) is 49.7 Å². The van der Waals surface area contributed by atoms with Gasteiger partial charge >= 0.3 is 0 Å². The summed E-state index contributed by atoms with van der Waals surface area (Å²) in [5.74, 6) is 0.133. The Balaban J connectivity index is 2.32. The van der Waals surface area contributed by atoms with E-state index in [0.717, 1.165) is 33.5 Å². The van der Waals surface area contributed by atoms with Gasteiger partial charge in [-0.05, 0) is 42.3 Å². The van der Waals surface area contributed by atoms with Gasteiger partial charge in [0.25, 0.3) is 0 Å². The fraction of sp³-hybridized carbons (Fsp3) is 0.333. The van der Waals surface area contributed by atoms with Gasteiger partial charge in [-0.25, -0.2) is 0 Å². The van der Waals surface area contributed by atoms with Crippen molar-refractivity contribution in [3.05, 3.63) is 51.3 Å². The van der Waals surface area contributed by atoms with Crippen molar-refractivity contribution in [3.8, 4) is 0 Å². The molecule has 0 saturated heterocycles. The lowest BCUT2D eigenvalue weighted by Gasteiger charge is -2.07. The molecule has 0 aliphatic heterocycles. The van der Waals surface area contributed by atoms with E-state index in [0.29, 0.717) is 6.42 Å². The van der Waals surface area contributed by atoms with Gasteiger partial charge in [-0.1, -0.05) is 24.3 Å². The summed E-state index contributed by atoms with van der Waals surface area (Å²) in [4.78, 5) is 12.4. The summed E-state index contributed by atoms with van der Waals surface area (Å²) in [6.07, 6.45) is 0.375. The molecule has 0 radical (unpaired) electrons. The molecule has 4 heteroatoms. The van der Waals surface area contributed by atoms with Crippen molar-refractivity contribution in [1.29, 1.82) is 0 Å². The van der Waals surface area contributed by atoms with Crippen LogP contribution in [0.2, 0.25) is 0 Å². The van der Waals surface area contributed by atoms with E-state index in [2.05, 4.69) is 21.0 Å². The first-order valence-corrected chi connectivity index (χ1v) is 7.14. The molecular formula is C15H17BrN2O. The number of rotatable bonds is 4. The van der Waals surface area contributed by atoms with Crippen LogP contribution in [0.5, 0.6) is 0 Å². The molecule has 0 spiro atoms. The number of aryl methyl sites for hydroxylation is 3. The van der Waals surface area contributed by atoms with Crippen molar-refractivity contribution in [3.63, 3.8) is 0 Å². The number of benzene rings is 1. The molecule has 0 fully saturated rings. The Kier molecular flexibility index (Phi) is 4.20. The minimum absolute atomic E-state index is 0.133. The van der Waals surface area contributed by atoms with E-state index in [1.54, 1.807) is 0 Å². The van der Waals surface area contributed by atoms with E-state index in [1.165, 1.54) is 0 Å². The molecule has 0 bridgehead atoms.